The number of likely N-dealkylation sites (tertiary alicyclic amines) is 1. The van der Waals surface area contributed by atoms with Gasteiger partial charge < -0.3 is 20.0 Å². The van der Waals surface area contributed by atoms with Gasteiger partial charge in [0.2, 0.25) is 0 Å². The quantitative estimate of drug-likeness (QED) is 0.884. The van der Waals surface area contributed by atoms with E-state index in [0.717, 1.165) is 56.4 Å². The van der Waals surface area contributed by atoms with Crippen LogP contribution in [-0.4, -0.2) is 66.6 Å². The number of rotatable bonds is 4. The van der Waals surface area contributed by atoms with Crippen LogP contribution in [-0.2, 0) is 6.54 Å². The van der Waals surface area contributed by atoms with Gasteiger partial charge in [0.1, 0.15) is 5.82 Å². The second kappa shape index (κ2) is 8.46. The number of anilines is 1. The Bertz CT molecular complexity index is 620. The number of hydrogen-bond acceptors (Lipinski definition) is 4. The van der Waals surface area contributed by atoms with Crippen LogP contribution in [0.5, 0.6) is 0 Å². The average molecular weight is 372 g/mol. The summed E-state index contributed by atoms with van der Waals surface area (Å²) < 4.78 is 0. The molecule has 3 fully saturated rings. The third kappa shape index (κ3) is 4.37. The molecule has 1 aliphatic carbocycles. The molecule has 1 saturated carbocycles. The summed E-state index contributed by atoms with van der Waals surface area (Å²) in [4.78, 5) is 24.1. The smallest absolute Gasteiger partial charge is 0.317 e. The number of hydrogen-bond donors (Lipinski definition) is 1. The highest BCUT2D eigenvalue weighted by Gasteiger charge is 2.35. The maximum absolute atomic E-state index is 12.7. The Morgan fingerprint density at radius 1 is 1.07 bits per heavy atom. The molecule has 1 N–H and O–H groups in total. The molecule has 1 atom stereocenters. The lowest BCUT2D eigenvalue weighted by atomic mass is 9.96. The molecule has 27 heavy (non-hydrogen) atoms. The molecule has 6 nitrogen and oxygen atoms in total. The third-order valence-electron chi connectivity index (χ3n) is 6.58. The Morgan fingerprint density at radius 3 is 2.56 bits per heavy atom. The first-order valence-corrected chi connectivity index (χ1v) is 10.6. The molecule has 1 aromatic heterocycles. The molecule has 3 heterocycles. The summed E-state index contributed by atoms with van der Waals surface area (Å²) in [6.07, 6.45) is 9.50. The summed E-state index contributed by atoms with van der Waals surface area (Å²) in [7, 11) is 2.16. The van der Waals surface area contributed by atoms with Gasteiger partial charge in [-0.2, -0.15) is 0 Å². The van der Waals surface area contributed by atoms with Crippen LogP contribution in [0.2, 0.25) is 0 Å². The van der Waals surface area contributed by atoms with Crippen molar-refractivity contribution in [2.75, 3.05) is 44.7 Å². The molecule has 2 amide bonds. The molecule has 0 spiro atoms. The lowest BCUT2D eigenvalue weighted by molar-refractivity contribution is 0.172. The van der Waals surface area contributed by atoms with Gasteiger partial charge in [-0.1, -0.05) is 18.9 Å². The highest BCUT2D eigenvalue weighted by atomic mass is 16.2. The Labute approximate surface area is 162 Å². The van der Waals surface area contributed by atoms with Gasteiger partial charge in [0.25, 0.3) is 0 Å². The molecule has 0 bridgehead atoms. The van der Waals surface area contributed by atoms with Crippen molar-refractivity contribution < 1.29 is 4.79 Å². The zero-order valence-corrected chi connectivity index (χ0v) is 16.6. The standard InChI is InChI=1S/C21H33N5O/c1-24-11-13-25(14-12-24)20-9-8-17(15-22-20)16-23-21(27)26-10-4-7-19(26)18-5-2-3-6-18/h8-9,15,18-19H,2-7,10-14,16H2,1H3,(H,23,27)/t19-/m0/s1. The number of urea groups is 1. The minimum Gasteiger partial charge on any atom is -0.354 e. The van der Waals surface area contributed by atoms with Crippen LogP contribution < -0.4 is 10.2 Å². The summed E-state index contributed by atoms with van der Waals surface area (Å²) >= 11 is 0. The summed E-state index contributed by atoms with van der Waals surface area (Å²) in [6, 6.07) is 4.75. The molecule has 0 unspecified atom stereocenters. The van der Waals surface area contributed by atoms with Crippen LogP contribution >= 0.6 is 0 Å². The predicted octanol–water partition coefficient (Wildman–Crippen LogP) is 2.70. The van der Waals surface area contributed by atoms with Gasteiger partial charge in [-0.05, 0) is 50.3 Å². The topological polar surface area (TPSA) is 51.7 Å². The van der Waals surface area contributed by atoms with Crippen LogP contribution in [0.4, 0.5) is 10.6 Å². The molecule has 6 heteroatoms. The van der Waals surface area contributed by atoms with E-state index in [4.69, 9.17) is 0 Å². The number of nitrogens with one attached hydrogen (secondary N) is 1. The molecule has 0 radical (unpaired) electrons. The van der Waals surface area contributed by atoms with Crippen molar-refractivity contribution in [2.45, 2.75) is 51.1 Å². The third-order valence-corrected chi connectivity index (χ3v) is 6.58. The van der Waals surface area contributed by atoms with Gasteiger partial charge in [0, 0.05) is 51.5 Å². The number of carbonyl (C=O) groups excluding carboxylic acids is 1. The van der Waals surface area contributed by atoms with E-state index in [0.29, 0.717) is 12.6 Å². The van der Waals surface area contributed by atoms with Gasteiger partial charge in [0.05, 0.1) is 0 Å². The maximum Gasteiger partial charge on any atom is 0.317 e. The number of nitrogens with zero attached hydrogens (tertiary/aromatic N) is 4. The van der Waals surface area contributed by atoms with E-state index in [1.807, 2.05) is 6.20 Å². The molecule has 3 aliphatic rings. The van der Waals surface area contributed by atoms with E-state index < -0.39 is 0 Å². The number of carbonyl (C=O) groups is 1. The van der Waals surface area contributed by atoms with E-state index >= 15 is 0 Å². The van der Waals surface area contributed by atoms with Crippen LogP contribution in [0.15, 0.2) is 18.3 Å². The van der Waals surface area contributed by atoms with E-state index in [2.05, 4.69) is 44.2 Å². The summed E-state index contributed by atoms with van der Waals surface area (Å²) in [5.41, 5.74) is 1.07. The number of piperazine rings is 1. The fraction of sp³-hybridized carbons (Fsp3) is 0.714. The summed E-state index contributed by atoms with van der Waals surface area (Å²) in [5, 5.41) is 3.13. The first kappa shape index (κ1) is 18.5. The highest BCUT2D eigenvalue weighted by Crippen LogP contribution is 2.35. The largest absolute Gasteiger partial charge is 0.354 e. The average Bonchev–Trinajstić information content (AvgIpc) is 3.38. The first-order chi connectivity index (χ1) is 13.2. The normalized spacial score (nSPS) is 24.6. The van der Waals surface area contributed by atoms with Crippen LogP contribution in [0.1, 0.15) is 44.1 Å². The van der Waals surface area contributed by atoms with Gasteiger partial charge >= 0.3 is 6.03 Å². The van der Waals surface area contributed by atoms with Crippen molar-refractivity contribution in [2.24, 2.45) is 5.92 Å². The van der Waals surface area contributed by atoms with Crippen molar-refractivity contribution in [1.29, 1.82) is 0 Å². The van der Waals surface area contributed by atoms with E-state index in [-0.39, 0.29) is 6.03 Å². The second-order valence-corrected chi connectivity index (χ2v) is 8.42. The molecule has 1 aromatic rings. The Balaban J connectivity index is 1.28. The lowest BCUT2D eigenvalue weighted by Crippen LogP contribution is -2.45. The number of aromatic nitrogens is 1. The van der Waals surface area contributed by atoms with Gasteiger partial charge in [-0.15, -0.1) is 0 Å². The number of likely N-dealkylation sites (N-methyl/N-ethyl adjacent to an activating group) is 1. The number of pyridine rings is 1. The molecular formula is C21H33N5O. The van der Waals surface area contributed by atoms with Crippen molar-refractivity contribution in [3.63, 3.8) is 0 Å². The molecule has 2 saturated heterocycles. The van der Waals surface area contributed by atoms with Gasteiger partial charge in [0.15, 0.2) is 0 Å². The predicted molar refractivity (Wildman–Crippen MR) is 108 cm³/mol. The Morgan fingerprint density at radius 2 is 1.85 bits per heavy atom. The lowest BCUT2D eigenvalue weighted by Gasteiger charge is -2.33. The molecule has 2 aliphatic heterocycles. The fourth-order valence-corrected chi connectivity index (χ4v) is 4.90. The van der Waals surface area contributed by atoms with Crippen molar-refractivity contribution in [3.8, 4) is 0 Å². The molecule has 148 valence electrons. The Kier molecular flexibility index (Phi) is 5.81. The molecule has 4 rings (SSSR count). The molecule has 0 aromatic carbocycles. The van der Waals surface area contributed by atoms with Crippen LogP contribution in [0.3, 0.4) is 0 Å². The van der Waals surface area contributed by atoms with Crippen LogP contribution in [0, 0.1) is 5.92 Å². The van der Waals surface area contributed by atoms with Crippen molar-refractivity contribution >= 4 is 11.8 Å². The minimum atomic E-state index is 0.104. The zero-order valence-electron chi connectivity index (χ0n) is 16.6. The zero-order chi connectivity index (χ0) is 18.6. The first-order valence-electron chi connectivity index (χ1n) is 10.6. The van der Waals surface area contributed by atoms with Crippen molar-refractivity contribution in [3.05, 3.63) is 23.9 Å². The maximum atomic E-state index is 12.7. The number of amides is 2. The SMILES string of the molecule is CN1CCN(c2ccc(CNC(=O)N3CCC[C@H]3C3CCCC3)cn2)CC1. The van der Waals surface area contributed by atoms with E-state index in [1.54, 1.807) is 0 Å². The van der Waals surface area contributed by atoms with E-state index in [1.165, 1.54) is 32.1 Å². The van der Waals surface area contributed by atoms with Crippen molar-refractivity contribution in [1.82, 2.24) is 20.1 Å². The van der Waals surface area contributed by atoms with Crippen LogP contribution in [0.25, 0.3) is 0 Å². The summed E-state index contributed by atoms with van der Waals surface area (Å²) in [6.45, 7) is 5.68. The fourth-order valence-electron chi connectivity index (χ4n) is 4.90. The van der Waals surface area contributed by atoms with Gasteiger partial charge in [-0.25, -0.2) is 9.78 Å². The molecular weight excluding hydrogens is 338 g/mol. The Hall–Kier alpha value is -1.82. The second-order valence-electron chi connectivity index (χ2n) is 8.42. The highest BCUT2D eigenvalue weighted by molar-refractivity contribution is 5.74. The van der Waals surface area contributed by atoms with E-state index in [9.17, 15) is 4.79 Å². The van der Waals surface area contributed by atoms with Gasteiger partial charge in [-0.3, -0.25) is 0 Å². The summed E-state index contributed by atoms with van der Waals surface area (Å²) in [5.74, 6) is 1.77. The minimum absolute atomic E-state index is 0.104. The monoisotopic (exact) mass is 371 g/mol.